The molecule has 1 N–H and O–H groups in total. The summed E-state index contributed by atoms with van der Waals surface area (Å²) in [6, 6.07) is 4.36. The van der Waals surface area contributed by atoms with E-state index in [4.69, 9.17) is 4.74 Å². The Kier molecular flexibility index (Phi) is 6.50. The zero-order valence-electron chi connectivity index (χ0n) is 18.5. The van der Waals surface area contributed by atoms with Gasteiger partial charge < -0.3 is 10.1 Å². The van der Waals surface area contributed by atoms with Crippen LogP contribution in [0.25, 0.3) is 0 Å². The highest BCUT2D eigenvalue weighted by molar-refractivity contribution is 7.17. The normalized spacial score (nSPS) is 15.8. The van der Waals surface area contributed by atoms with Crippen molar-refractivity contribution in [3.63, 3.8) is 0 Å². The van der Waals surface area contributed by atoms with Crippen LogP contribution in [0.3, 0.4) is 0 Å². The zero-order valence-corrected chi connectivity index (χ0v) is 19.4. The Hall–Kier alpha value is -2.74. The topological polar surface area (TPSA) is 98.5 Å². The molecule has 1 unspecified atom stereocenters. The van der Waals surface area contributed by atoms with Gasteiger partial charge in [-0.05, 0) is 56.1 Å². The van der Waals surface area contributed by atoms with Crippen molar-refractivity contribution in [3.05, 3.63) is 55.4 Å². The fourth-order valence-corrected chi connectivity index (χ4v) is 5.27. The molecular weight excluding hydrogens is 416 g/mol. The molecule has 0 saturated carbocycles. The second-order valence-electron chi connectivity index (χ2n) is 8.95. The number of ether oxygens (including phenoxy) is 1. The van der Waals surface area contributed by atoms with Crippen molar-refractivity contribution in [2.45, 2.75) is 53.9 Å². The van der Waals surface area contributed by atoms with E-state index >= 15 is 0 Å². The number of thiophene rings is 1. The van der Waals surface area contributed by atoms with Gasteiger partial charge in [-0.3, -0.25) is 14.9 Å². The summed E-state index contributed by atoms with van der Waals surface area (Å²) in [6.45, 7) is 10.3. The average molecular weight is 445 g/mol. The van der Waals surface area contributed by atoms with E-state index in [2.05, 4.69) is 26.1 Å². The molecule has 8 heteroatoms. The third-order valence-electron chi connectivity index (χ3n) is 5.86. The lowest BCUT2D eigenvalue weighted by molar-refractivity contribution is -0.385. The number of carbonyl (C=O) groups excluding carboxylic acids is 2. The molecule has 0 aliphatic heterocycles. The molecule has 31 heavy (non-hydrogen) atoms. The van der Waals surface area contributed by atoms with E-state index in [1.165, 1.54) is 17.4 Å². The van der Waals surface area contributed by atoms with Crippen LogP contribution in [0.4, 0.5) is 10.7 Å². The van der Waals surface area contributed by atoms with Gasteiger partial charge in [-0.1, -0.05) is 26.8 Å². The van der Waals surface area contributed by atoms with E-state index in [0.717, 1.165) is 29.7 Å². The summed E-state index contributed by atoms with van der Waals surface area (Å²) in [5.41, 5.74) is 2.06. The van der Waals surface area contributed by atoms with Crippen molar-refractivity contribution < 1.29 is 19.2 Å². The molecule has 1 aliphatic rings. The molecule has 0 radical (unpaired) electrons. The first-order valence-corrected chi connectivity index (χ1v) is 11.2. The molecule has 3 rings (SSSR count). The smallest absolute Gasteiger partial charge is 0.341 e. The van der Waals surface area contributed by atoms with Gasteiger partial charge in [0, 0.05) is 22.1 Å². The number of nitrogens with one attached hydrogen (secondary N) is 1. The highest BCUT2D eigenvalue weighted by atomic mass is 32.1. The fraction of sp³-hybridized carbons (Fsp3) is 0.478. The molecule has 2 aromatic rings. The minimum absolute atomic E-state index is 0.114. The largest absolute Gasteiger partial charge is 0.462 e. The maximum absolute atomic E-state index is 12.9. The van der Waals surface area contributed by atoms with E-state index in [9.17, 15) is 19.7 Å². The van der Waals surface area contributed by atoms with Crippen LogP contribution in [0.15, 0.2) is 18.2 Å². The maximum Gasteiger partial charge on any atom is 0.341 e. The molecule has 166 valence electrons. The van der Waals surface area contributed by atoms with Crippen LogP contribution in [0, 0.1) is 28.4 Å². The minimum Gasteiger partial charge on any atom is -0.462 e. The molecule has 1 amide bonds. The number of nitro groups is 1. The monoisotopic (exact) mass is 444 g/mol. The first kappa shape index (κ1) is 22.9. The number of amides is 1. The van der Waals surface area contributed by atoms with E-state index in [-0.39, 0.29) is 23.3 Å². The molecule has 1 aromatic carbocycles. The van der Waals surface area contributed by atoms with Crippen molar-refractivity contribution in [2.75, 3.05) is 11.9 Å². The van der Waals surface area contributed by atoms with Gasteiger partial charge in [0.25, 0.3) is 11.6 Å². The predicted octanol–water partition coefficient (Wildman–Crippen LogP) is 5.54. The Labute approximate surface area is 186 Å². The van der Waals surface area contributed by atoms with E-state index in [1.54, 1.807) is 26.0 Å². The molecule has 1 heterocycles. The highest BCUT2D eigenvalue weighted by Gasteiger charge is 2.34. The fourth-order valence-electron chi connectivity index (χ4n) is 3.95. The van der Waals surface area contributed by atoms with Gasteiger partial charge in [0.15, 0.2) is 0 Å². The van der Waals surface area contributed by atoms with Crippen molar-refractivity contribution in [2.24, 2.45) is 11.3 Å². The molecular formula is C23H28N2O5S. The van der Waals surface area contributed by atoms with Gasteiger partial charge >= 0.3 is 5.97 Å². The number of nitro benzene ring substituents is 1. The van der Waals surface area contributed by atoms with Crippen LogP contribution in [-0.2, 0) is 17.6 Å². The number of hydrogen-bond donors (Lipinski definition) is 1. The SMILES string of the molecule is CCOC(=O)c1c(NC(=O)c2ccc(C)c([N+](=O)[O-])c2)sc2c1CCC(C(C)(C)C)C2. The zero-order chi connectivity index (χ0) is 22.9. The number of anilines is 1. The van der Waals surface area contributed by atoms with Gasteiger partial charge in [-0.2, -0.15) is 0 Å². The summed E-state index contributed by atoms with van der Waals surface area (Å²) in [6.07, 6.45) is 2.58. The van der Waals surface area contributed by atoms with Crippen LogP contribution in [0.5, 0.6) is 0 Å². The molecule has 1 aliphatic carbocycles. The van der Waals surface area contributed by atoms with E-state index < -0.39 is 16.8 Å². The Bertz CT molecular complexity index is 1040. The first-order chi connectivity index (χ1) is 14.5. The molecule has 0 spiro atoms. The molecule has 1 atom stereocenters. The van der Waals surface area contributed by atoms with Gasteiger partial charge in [-0.15, -0.1) is 11.3 Å². The van der Waals surface area contributed by atoms with Crippen LogP contribution in [0.2, 0.25) is 0 Å². The summed E-state index contributed by atoms with van der Waals surface area (Å²) < 4.78 is 5.27. The number of carbonyl (C=O) groups is 2. The number of esters is 1. The molecule has 0 bridgehead atoms. The van der Waals surface area contributed by atoms with Crippen LogP contribution in [0.1, 0.15) is 70.8 Å². The first-order valence-electron chi connectivity index (χ1n) is 10.4. The number of fused-ring (bicyclic) bond motifs is 1. The van der Waals surface area contributed by atoms with Crippen molar-refractivity contribution in [1.82, 2.24) is 0 Å². The Morgan fingerprint density at radius 2 is 2.03 bits per heavy atom. The van der Waals surface area contributed by atoms with Gasteiger partial charge in [0.05, 0.1) is 17.1 Å². The quantitative estimate of drug-likeness (QED) is 0.371. The predicted molar refractivity (Wildman–Crippen MR) is 121 cm³/mol. The summed E-state index contributed by atoms with van der Waals surface area (Å²) in [4.78, 5) is 37.4. The molecule has 7 nitrogen and oxygen atoms in total. The lowest BCUT2D eigenvalue weighted by Crippen LogP contribution is -2.26. The number of aryl methyl sites for hydroxylation is 1. The Balaban J connectivity index is 1.96. The number of rotatable bonds is 5. The third kappa shape index (κ3) is 4.79. The minimum atomic E-state index is -0.507. The van der Waals surface area contributed by atoms with Crippen LogP contribution < -0.4 is 5.32 Å². The molecule has 1 aromatic heterocycles. The summed E-state index contributed by atoms with van der Waals surface area (Å²) >= 11 is 1.41. The standard InChI is InChI=1S/C23H28N2O5S/c1-6-30-22(27)19-16-10-9-15(23(3,4)5)12-18(16)31-21(19)24-20(26)14-8-7-13(2)17(11-14)25(28)29/h7-8,11,15H,6,9-10,12H2,1-5H3,(H,24,26). The van der Waals surface area contributed by atoms with Crippen molar-refractivity contribution >= 4 is 33.9 Å². The highest BCUT2D eigenvalue weighted by Crippen LogP contribution is 2.44. The Morgan fingerprint density at radius 1 is 1.32 bits per heavy atom. The van der Waals surface area contributed by atoms with E-state index in [0.29, 0.717) is 22.0 Å². The number of benzene rings is 1. The second kappa shape index (κ2) is 8.78. The van der Waals surface area contributed by atoms with Crippen LogP contribution >= 0.6 is 11.3 Å². The lowest BCUT2D eigenvalue weighted by Gasteiger charge is -2.33. The van der Waals surface area contributed by atoms with Crippen LogP contribution in [-0.4, -0.2) is 23.4 Å². The summed E-state index contributed by atoms with van der Waals surface area (Å²) in [7, 11) is 0. The third-order valence-corrected chi connectivity index (χ3v) is 7.03. The molecule has 0 saturated heterocycles. The number of nitrogens with zero attached hydrogens (tertiary/aromatic N) is 1. The van der Waals surface area contributed by atoms with Gasteiger partial charge in [0.2, 0.25) is 0 Å². The van der Waals surface area contributed by atoms with Gasteiger partial charge in [-0.25, -0.2) is 4.79 Å². The average Bonchev–Trinajstić information content (AvgIpc) is 3.04. The maximum atomic E-state index is 12.9. The van der Waals surface area contributed by atoms with Crippen molar-refractivity contribution in [3.8, 4) is 0 Å². The lowest BCUT2D eigenvalue weighted by atomic mass is 9.72. The Morgan fingerprint density at radius 3 is 2.65 bits per heavy atom. The van der Waals surface area contributed by atoms with E-state index in [1.807, 2.05) is 0 Å². The number of hydrogen-bond acceptors (Lipinski definition) is 6. The summed E-state index contributed by atoms with van der Waals surface area (Å²) in [5, 5.41) is 14.5. The second-order valence-corrected chi connectivity index (χ2v) is 10.1. The van der Waals surface area contributed by atoms with Gasteiger partial charge in [0.1, 0.15) is 5.00 Å². The summed E-state index contributed by atoms with van der Waals surface area (Å²) in [5.74, 6) is -0.448. The molecule has 0 fully saturated rings. The van der Waals surface area contributed by atoms with Crippen molar-refractivity contribution in [1.29, 1.82) is 0 Å².